The molecule has 0 aliphatic heterocycles. The summed E-state index contributed by atoms with van der Waals surface area (Å²) in [5.74, 6) is -3.19. The number of nitrogens with two attached hydrogens (primary N) is 4. The van der Waals surface area contributed by atoms with Crippen molar-refractivity contribution in [3.63, 3.8) is 0 Å². The Balaban J connectivity index is 2.96. The molecule has 4 atom stereocenters. The van der Waals surface area contributed by atoms with Crippen LogP contribution < -0.4 is 38.9 Å². The normalized spacial score (nSPS) is 14.1. The predicted molar refractivity (Wildman–Crippen MR) is 132 cm³/mol. The van der Waals surface area contributed by atoms with E-state index in [9.17, 15) is 24.3 Å². The molecule has 4 unspecified atom stereocenters. The van der Waals surface area contributed by atoms with Gasteiger partial charge in [0, 0.05) is 24.9 Å². The molecule has 0 saturated carbocycles. The number of carbonyl (C=O) groups excluding carboxylic acids is 3. The molecule has 0 bridgehead atoms. The number of nitrogens with zero attached hydrogens (tertiary/aromatic N) is 2. The molecule has 0 aliphatic rings. The molecule has 3 amide bonds. The summed E-state index contributed by atoms with van der Waals surface area (Å²) in [6, 6.07) is -4.18. The maximum absolute atomic E-state index is 13.1. The van der Waals surface area contributed by atoms with Gasteiger partial charge in [-0.25, -0.2) is 9.78 Å². The zero-order valence-corrected chi connectivity index (χ0v) is 20.4. The van der Waals surface area contributed by atoms with Crippen LogP contribution in [0.1, 0.15) is 44.7 Å². The van der Waals surface area contributed by atoms with Crippen LogP contribution in [-0.2, 0) is 25.6 Å². The largest absolute Gasteiger partial charge is 0.480 e. The summed E-state index contributed by atoms with van der Waals surface area (Å²) in [5.41, 5.74) is 22.3. The molecular formula is C21H38N10O5. The smallest absolute Gasteiger partial charge is 0.326 e. The van der Waals surface area contributed by atoms with Crippen molar-refractivity contribution in [3.8, 4) is 0 Å². The van der Waals surface area contributed by atoms with Crippen LogP contribution in [0.4, 0.5) is 0 Å². The second kappa shape index (κ2) is 16.0. The number of rotatable bonds is 17. The van der Waals surface area contributed by atoms with E-state index in [0.717, 1.165) is 0 Å². The Morgan fingerprint density at radius 2 is 1.58 bits per heavy atom. The highest BCUT2D eigenvalue weighted by Gasteiger charge is 2.30. The molecule has 1 aromatic heterocycles. The summed E-state index contributed by atoms with van der Waals surface area (Å²) in [5, 5.41) is 17.2. The number of carboxylic acids is 1. The molecule has 15 nitrogen and oxygen atoms in total. The van der Waals surface area contributed by atoms with Crippen LogP contribution in [0.5, 0.6) is 0 Å². The third kappa shape index (κ3) is 11.6. The third-order valence-electron chi connectivity index (χ3n) is 5.17. The van der Waals surface area contributed by atoms with Crippen molar-refractivity contribution in [2.45, 2.75) is 69.6 Å². The van der Waals surface area contributed by atoms with Crippen LogP contribution in [0.15, 0.2) is 17.5 Å². The quantitative estimate of drug-likeness (QED) is 0.0582. The molecule has 0 aliphatic carbocycles. The molecule has 0 spiro atoms. The minimum Gasteiger partial charge on any atom is -0.480 e. The minimum absolute atomic E-state index is 0.0254. The Kier molecular flexibility index (Phi) is 13.5. The number of aromatic amines is 1. The topological polar surface area (TPSA) is 270 Å². The van der Waals surface area contributed by atoms with Gasteiger partial charge in [0.1, 0.15) is 18.1 Å². The number of nitrogens with one attached hydrogen (secondary N) is 4. The number of imidazole rings is 1. The van der Waals surface area contributed by atoms with Gasteiger partial charge >= 0.3 is 5.97 Å². The number of carbonyl (C=O) groups is 4. The van der Waals surface area contributed by atoms with E-state index in [1.807, 2.05) is 0 Å². The number of hydrogen-bond donors (Lipinski definition) is 9. The molecule has 0 fully saturated rings. The Labute approximate surface area is 209 Å². The summed E-state index contributed by atoms with van der Waals surface area (Å²) in [6.45, 7) is 2.09. The molecule has 1 rings (SSSR count). The summed E-state index contributed by atoms with van der Waals surface area (Å²) < 4.78 is 0. The highest BCUT2D eigenvalue weighted by atomic mass is 16.4. The van der Waals surface area contributed by atoms with Crippen LogP contribution in [-0.4, -0.2) is 82.0 Å². The van der Waals surface area contributed by atoms with Crippen molar-refractivity contribution in [1.82, 2.24) is 25.9 Å². The fraction of sp³-hybridized carbons (Fsp3) is 0.619. The van der Waals surface area contributed by atoms with Gasteiger partial charge in [0.2, 0.25) is 17.7 Å². The van der Waals surface area contributed by atoms with Gasteiger partial charge in [0.15, 0.2) is 5.96 Å². The van der Waals surface area contributed by atoms with Crippen molar-refractivity contribution in [2.24, 2.45) is 27.9 Å². The number of guanidine groups is 1. The van der Waals surface area contributed by atoms with E-state index in [0.29, 0.717) is 31.5 Å². The van der Waals surface area contributed by atoms with E-state index in [4.69, 9.17) is 22.9 Å². The first-order valence-corrected chi connectivity index (χ1v) is 11.7. The first-order valence-electron chi connectivity index (χ1n) is 11.7. The van der Waals surface area contributed by atoms with Crippen molar-refractivity contribution in [3.05, 3.63) is 18.2 Å². The zero-order valence-electron chi connectivity index (χ0n) is 20.4. The monoisotopic (exact) mass is 510 g/mol. The molecule has 13 N–H and O–H groups in total. The van der Waals surface area contributed by atoms with Crippen molar-refractivity contribution in [1.29, 1.82) is 0 Å². The summed E-state index contributed by atoms with van der Waals surface area (Å²) >= 11 is 0. The van der Waals surface area contributed by atoms with Crippen LogP contribution >= 0.6 is 0 Å². The Morgan fingerprint density at radius 1 is 1.00 bits per heavy atom. The van der Waals surface area contributed by atoms with Crippen LogP contribution in [0.3, 0.4) is 0 Å². The average molecular weight is 511 g/mol. The number of hydrogen-bond acceptors (Lipinski definition) is 8. The van der Waals surface area contributed by atoms with Crippen LogP contribution in [0.2, 0.25) is 0 Å². The number of aliphatic imine (C=N–C) groups is 1. The fourth-order valence-electron chi connectivity index (χ4n) is 3.20. The van der Waals surface area contributed by atoms with Gasteiger partial charge in [-0.05, 0) is 45.6 Å². The van der Waals surface area contributed by atoms with Crippen molar-refractivity contribution in [2.75, 3.05) is 13.1 Å². The number of aromatic nitrogens is 2. The number of carboxylic acid groups (broad SMARTS) is 1. The molecule has 1 heterocycles. The van der Waals surface area contributed by atoms with Gasteiger partial charge in [0.05, 0.1) is 12.4 Å². The second-order valence-electron chi connectivity index (χ2n) is 8.32. The molecular weight excluding hydrogens is 472 g/mol. The van der Waals surface area contributed by atoms with Gasteiger partial charge in [0.25, 0.3) is 0 Å². The molecule has 1 aromatic rings. The maximum Gasteiger partial charge on any atom is 0.326 e. The first-order chi connectivity index (χ1) is 17.0. The lowest BCUT2D eigenvalue weighted by Gasteiger charge is -2.25. The van der Waals surface area contributed by atoms with E-state index in [1.54, 1.807) is 0 Å². The van der Waals surface area contributed by atoms with Gasteiger partial charge in [-0.2, -0.15) is 0 Å². The highest BCUT2D eigenvalue weighted by molar-refractivity contribution is 5.94. The van der Waals surface area contributed by atoms with E-state index in [2.05, 4.69) is 30.9 Å². The van der Waals surface area contributed by atoms with Crippen molar-refractivity contribution >= 4 is 29.7 Å². The number of H-pyrrole nitrogens is 1. The second-order valence-corrected chi connectivity index (χ2v) is 8.32. The SMILES string of the molecule is CC(N)C(=O)NC(CCCN=C(N)N)C(=O)NC(CCCCN)C(=O)NC(Cc1cnc[nH]1)C(=O)O. The Bertz CT molecular complexity index is 870. The molecule has 0 aromatic carbocycles. The molecule has 0 saturated heterocycles. The minimum atomic E-state index is -1.25. The van der Waals surface area contributed by atoms with E-state index in [1.165, 1.54) is 19.4 Å². The molecule has 0 radical (unpaired) electrons. The number of aliphatic carboxylic acids is 1. The fourth-order valence-corrected chi connectivity index (χ4v) is 3.20. The molecule has 15 heteroatoms. The summed E-state index contributed by atoms with van der Waals surface area (Å²) in [6.07, 6.45) is 4.69. The van der Waals surface area contributed by atoms with Crippen LogP contribution in [0.25, 0.3) is 0 Å². The predicted octanol–water partition coefficient (Wildman–Crippen LogP) is -2.98. The van der Waals surface area contributed by atoms with E-state index < -0.39 is 47.9 Å². The van der Waals surface area contributed by atoms with Crippen LogP contribution in [0, 0.1) is 0 Å². The lowest BCUT2D eigenvalue weighted by molar-refractivity contribution is -0.142. The highest BCUT2D eigenvalue weighted by Crippen LogP contribution is 2.07. The number of amides is 3. The standard InChI is InChI=1S/C21H38N10O5/c1-12(23)17(32)29-15(6-4-8-27-21(24)25)18(33)30-14(5-2-3-7-22)19(34)31-16(20(35)36)9-13-10-26-11-28-13/h10-12,14-16H,2-9,22-23H2,1H3,(H,26,28)(H,29,32)(H,30,33)(H,31,34)(H,35,36)(H4,24,25,27). The van der Waals surface area contributed by atoms with E-state index >= 15 is 0 Å². The Hall–Kier alpha value is -3.72. The summed E-state index contributed by atoms with van der Waals surface area (Å²) in [7, 11) is 0. The lowest BCUT2D eigenvalue weighted by atomic mass is 10.0. The molecule has 36 heavy (non-hydrogen) atoms. The van der Waals surface area contributed by atoms with Gasteiger partial charge < -0.3 is 49.0 Å². The number of unbranched alkanes of at least 4 members (excludes halogenated alkanes) is 1. The average Bonchev–Trinajstić information content (AvgIpc) is 3.32. The van der Waals surface area contributed by atoms with Gasteiger partial charge in [-0.15, -0.1) is 0 Å². The summed E-state index contributed by atoms with van der Waals surface area (Å²) in [4.78, 5) is 60.4. The van der Waals surface area contributed by atoms with Crippen molar-refractivity contribution < 1.29 is 24.3 Å². The van der Waals surface area contributed by atoms with E-state index in [-0.39, 0.29) is 31.8 Å². The molecule has 202 valence electrons. The first kappa shape index (κ1) is 30.3. The van der Waals surface area contributed by atoms with Gasteiger partial charge in [-0.1, -0.05) is 0 Å². The zero-order chi connectivity index (χ0) is 27.1. The maximum atomic E-state index is 13.1. The lowest BCUT2D eigenvalue weighted by Crippen LogP contribution is -2.57. The van der Waals surface area contributed by atoms with Gasteiger partial charge in [-0.3, -0.25) is 19.4 Å². The third-order valence-corrected chi connectivity index (χ3v) is 5.17. The Morgan fingerprint density at radius 3 is 2.08 bits per heavy atom.